The molecule has 6 heteroatoms. The number of thiol groups is 1. The van der Waals surface area contributed by atoms with Crippen LogP contribution in [0.4, 0.5) is 0 Å². The second-order valence-electron chi connectivity index (χ2n) is 3.56. The van der Waals surface area contributed by atoms with E-state index in [1.165, 1.54) is 17.4 Å². The van der Waals surface area contributed by atoms with Crippen LogP contribution in [0.1, 0.15) is 21.5 Å². The van der Waals surface area contributed by atoms with Crippen molar-refractivity contribution < 1.29 is 13.2 Å². The van der Waals surface area contributed by atoms with Gasteiger partial charge in [-0.2, -0.15) is 11.3 Å². The summed E-state index contributed by atoms with van der Waals surface area (Å²) in [5.74, 6) is -0.284. The minimum absolute atomic E-state index is 0.0753. The number of thiophene rings is 1. The van der Waals surface area contributed by atoms with E-state index in [1.807, 2.05) is 0 Å². The topological polar surface area (TPSA) is 51.2 Å². The molecule has 0 saturated heterocycles. The molecule has 0 aliphatic carbocycles. The fraction of sp³-hybridized carbons (Fsp3) is 0.0833. The van der Waals surface area contributed by atoms with Crippen LogP contribution in [0.25, 0.3) is 0 Å². The molecule has 1 aromatic heterocycles. The van der Waals surface area contributed by atoms with Crippen LogP contribution in [-0.4, -0.2) is 14.2 Å². The Bertz CT molecular complexity index is 637. The maximum absolute atomic E-state index is 12.0. The molecule has 0 spiro atoms. The Balaban J connectivity index is 2.33. The lowest BCUT2D eigenvalue weighted by atomic mass is 10.0. The van der Waals surface area contributed by atoms with Crippen LogP contribution in [0.15, 0.2) is 29.0 Å². The van der Waals surface area contributed by atoms with Crippen molar-refractivity contribution in [1.29, 1.82) is 0 Å². The molecular formula is C12H8ClO3S2. The standard InChI is InChI=1S/C12H8ClO3S2/c13-11-5-8(7-18(15)16)1-2-10(11)12(14)9-3-4-17-6-9/h1-2,4-6,18H,7H2. The van der Waals surface area contributed by atoms with Crippen molar-refractivity contribution in [2.75, 3.05) is 0 Å². The van der Waals surface area contributed by atoms with Crippen LogP contribution in [0.3, 0.4) is 0 Å². The van der Waals surface area contributed by atoms with E-state index in [4.69, 9.17) is 11.6 Å². The zero-order valence-electron chi connectivity index (χ0n) is 9.05. The van der Waals surface area contributed by atoms with Gasteiger partial charge in [0.2, 0.25) is 0 Å². The highest BCUT2D eigenvalue weighted by atomic mass is 35.5. The van der Waals surface area contributed by atoms with Crippen molar-refractivity contribution in [2.24, 2.45) is 0 Å². The van der Waals surface area contributed by atoms with E-state index < -0.39 is 10.7 Å². The molecule has 0 atom stereocenters. The summed E-state index contributed by atoms with van der Waals surface area (Å²) in [6, 6.07) is 7.47. The van der Waals surface area contributed by atoms with Gasteiger partial charge in [0.1, 0.15) is 10.7 Å². The van der Waals surface area contributed by atoms with Crippen LogP contribution in [0, 0.1) is 6.07 Å². The lowest BCUT2D eigenvalue weighted by Gasteiger charge is -2.03. The van der Waals surface area contributed by atoms with Gasteiger partial charge in [0, 0.05) is 22.6 Å². The lowest BCUT2D eigenvalue weighted by Crippen LogP contribution is -2.01. The number of halogens is 1. The van der Waals surface area contributed by atoms with Gasteiger partial charge in [-0.25, -0.2) is 8.42 Å². The van der Waals surface area contributed by atoms with Crippen molar-refractivity contribution >= 4 is 39.4 Å². The van der Waals surface area contributed by atoms with Crippen molar-refractivity contribution in [3.05, 3.63) is 56.7 Å². The summed E-state index contributed by atoms with van der Waals surface area (Å²) in [5, 5.41) is 3.65. The second kappa shape index (κ2) is 5.65. The predicted molar refractivity (Wildman–Crippen MR) is 72.1 cm³/mol. The number of benzene rings is 1. The number of rotatable bonds is 4. The predicted octanol–water partition coefficient (Wildman–Crippen LogP) is 2.54. The first kappa shape index (κ1) is 13.3. The second-order valence-corrected chi connectivity index (χ2v) is 5.70. The van der Waals surface area contributed by atoms with Crippen molar-refractivity contribution in [3.63, 3.8) is 0 Å². The first-order valence-electron chi connectivity index (χ1n) is 4.96. The average Bonchev–Trinajstić information content (AvgIpc) is 2.80. The SMILES string of the molecule is O=C(c1[c]csc1)c1ccc(C[SH](=O)=O)cc1Cl. The Morgan fingerprint density at radius 1 is 1.39 bits per heavy atom. The van der Waals surface area contributed by atoms with Gasteiger partial charge in [0.05, 0.1) is 10.8 Å². The molecule has 1 radical (unpaired) electrons. The molecule has 2 aromatic rings. The van der Waals surface area contributed by atoms with Crippen LogP contribution in [-0.2, 0) is 16.5 Å². The van der Waals surface area contributed by atoms with E-state index in [0.717, 1.165) is 0 Å². The van der Waals surface area contributed by atoms with Crippen LogP contribution in [0.5, 0.6) is 0 Å². The number of hydrogen-bond acceptors (Lipinski definition) is 4. The molecule has 0 unspecified atom stereocenters. The zero-order valence-corrected chi connectivity index (χ0v) is 11.5. The fourth-order valence-corrected chi connectivity index (χ4v) is 2.85. The van der Waals surface area contributed by atoms with Crippen molar-refractivity contribution in [3.8, 4) is 0 Å². The molecule has 1 aromatic carbocycles. The van der Waals surface area contributed by atoms with Gasteiger partial charge in [-0.1, -0.05) is 17.7 Å². The summed E-state index contributed by atoms with van der Waals surface area (Å²) in [7, 11) is -2.50. The molecule has 18 heavy (non-hydrogen) atoms. The number of hydrogen-bond donors (Lipinski definition) is 1. The maximum atomic E-state index is 12.0. The highest BCUT2D eigenvalue weighted by Crippen LogP contribution is 2.22. The summed E-state index contributed by atoms with van der Waals surface area (Å²) in [6.45, 7) is 0. The Kier molecular flexibility index (Phi) is 4.16. The highest BCUT2D eigenvalue weighted by Gasteiger charge is 2.13. The summed E-state index contributed by atoms with van der Waals surface area (Å²) < 4.78 is 21.2. The fourth-order valence-electron chi connectivity index (χ4n) is 1.49. The van der Waals surface area contributed by atoms with Gasteiger partial charge < -0.3 is 0 Å². The monoisotopic (exact) mass is 299 g/mol. The summed E-state index contributed by atoms with van der Waals surface area (Å²) >= 11 is 7.38. The van der Waals surface area contributed by atoms with E-state index in [-0.39, 0.29) is 16.6 Å². The molecular weight excluding hydrogens is 292 g/mol. The normalized spacial score (nSPS) is 10.8. The van der Waals surface area contributed by atoms with Crippen LogP contribution >= 0.6 is 22.9 Å². The molecule has 0 saturated carbocycles. The molecule has 0 fully saturated rings. The summed E-state index contributed by atoms with van der Waals surface area (Å²) in [6.07, 6.45) is 0. The largest absolute Gasteiger partial charge is 0.289 e. The van der Waals surface area contributed by atoms with Gasteiger partial charge in [-0.05, 0) is 23.1 Å². The van der Waals surface area contributed by atoms with Gasteiger partial charge in [-0.3, -0.25) is 4.79 Å². The Morgan fingerprint density at radius 2 is 2.17 bits per heavy atom. The van der Waals surface area contributed by atoms with E-state index in [2.05, 4.69) is 6.07 Å². The summed E-state index contributed by atoms with van der Waals surface area (Å²) in [5.41, 5.74) is 1.39. The quantitative estimate of drug-likeness (QED) is 0.697. The number of ketones is 1. The molecule has 0 aliphatic heterocycles. The molecule has 0 bridgehead atoms. The average molecular weight is 300 g/mol. The zero-order chi connectivity index (χ0) is 13.1. The molecule has 1 heterocycles. The summed E-state index contributed by atoms with van der Waals surface area (Å²) in [4.78, 5) is 12.0. The van der Waals surface area contributed by atoms with Gasteiger partial charge in [0.25, 0.3) is 0 Å². The van der Waals surface area contributed by atoms with E-state index in [0.29, 0.717) is 16.7 Å². The third-order valence-corrected chi connectivity index (χ3v) is 3.86. The van der Waals surface area contributed by atoms with Crippen LogP contribution < -0.4 is 0 Å². The van der Waals surface area contributed by atoms with Gasteiger partial charge in [0.15, 0.2) is 5.78 Å². The van der Waals surface area contributed by atoms with Gasteiger partial charge >= 0.3 is 0 Å². The van der Waals surface area contributed by atoms with Crippen molar-refractivity contribution in [2.45, 2.75) is 5.75 Å². The maximum Gasteiger partial charge on any atom is 0.195 e. The minimum Gasteiger partial charge on any atom is -0.289 e. The highest BCUT2D eigenvalue weighted by molar-refractivity contribution is 7.71. The molecule has 0 amide bonds. The van der Waals surface area contributed by atoms with E-state index in [1.54, 1.807) is 22.9 Å². The Morgan fingerprint density at radius 3 is 2.72 bits per heavy atom. The molecule has 3 nitrogen and oxygen atoms in total. The lowest BCUT2D eigenvalue weighted by molar-refractivity contribution is 0.103. The third-order valence-electron chi connectivity index (χ3n) is 2.30. The first-order chi connectivity index (χ1) is 8.58. The Labute approximate surface area is 115 Å². The van der Waals surface area contributed by atoms with Crippen LogP contribution in [0.2, 0.25) is 5.02 Å². The third kappa shape index (κ3) is 2.98. The Hall–Kier alpha value is -1.17. The van der Waals surface area contributed by atoms with E-state index in [9.17, 15) is 13.2 Å². The van der Waals surface area contributed by atoms with E-state index >= 15 is 0 Å². The molecule has 93 valence electrons. The minimum atomic E-state index is -2.50. The van der Waals surface area contributed by atoms with Gasteiger partial charge in [-0.15, -0.1) is 0 Å². The number of carbonyl (C=O) groups excluding carboxylic acids is 1. The first-order valence-corrected chi connectivity index (χ1v) is 7.65. The molecule has 2 rings (SSSR count). The molecule has 0 aliphatic rings. The number of carbonyl (C=O) groups is 1. The van der Waals surface area contributed by atoms with Crippen molar-refractivity contribution in [1.82, 2.24) is 0 Å². The smallest absolute Gasteiger partial charge is 0.195 e. The molecule has 0 N–H and O–H groups in total.